The van der Waals surface area contributed by atoms with E-state index in [1.54, 1.807) is 12.5 Å². The van der Waals surface area contributed by atoms with Crippen LogP contribution >= 0.6 is 0 Å². The monoisotopic (exact) mass is 217 g/mol. The third-order valence-corrected chi connectivity index (χ3v) is 2.29. The number of benzene rings is 1. The van der Waals surface area contributed by atoms with E-state index in [2.05, 4.69) is 0 Å². The minimum absolute atomic E-state index is 0.0159. The van der Waals surface area contributed by atoms with E-state index >= 15 is 0 Å². The Morgan fingerprint density at radius 2 is 2.00 bits per heavy atom. The van der Waals surface area contributed by atoms with Crippen molar-refractivity contribution in [1.82, 2.24) is 0 Å². The Balaban J connectivity index is 1.78. The summed E-state index contributed by atoms with van der Waals surface area (Å²) in [6.07, 6.45) is 4.13. The Labute approximate surface area is 94.8 Å². The number of furan rings is 1. The molecule has 0 amide bonds. The second-order valence-electron chi connectivity index (χ2n) is 3.72. The van der Waals surface area contributed by atoms with Crippen LogP contribution in [0.1, 0.15) is 5.56 Å². The maximum Gasteiger partial charge on any atom is 0.119 e. The minimum Gasteiger partial charge on any atom is -0.492 e. The topological polar surface area (TPSA) is 48.4 Å². The van der Waals surface area contributed by atoms with E-state index in [0.29, 0.717) is 6.61 Å². The van der Waals surface area contributed by atoms with Crippen LogP contribution in [0.5, 0.6) is 5.75 Å². The standard InChI is InChI=1S/C13H15NO2/c14-12(8-11-6-7-15-9-11)10-16-13-4-2-1-3-5-13/h1-7,9,12H,8,10,14H2. The number of hydrogen-bond acceptors (Lipinski definition) is 3. The fourth-order valence-corrected chi connectivity index (χ4v) is 1.49. The molecule has 0 aliphatic carbocycles. The molecule has 0 aliphatic heterocycles. The van der Waals surface area contributed by atoms with Gasteiger partial charge in [-0.1, -0.05) is 18.2 Å². The summed E-state index contributed by atoms with van der Waals surface area (Å²) < 4.78 is 10.5. The number of nitrogens with two attached hydrogens (primary N) is 1. The summed E-state index contributed by atoms with van der Waals surface area (Å²) >= 11 is 0. The van der Waals surface area contributed by atoms with Gasteiger partial charge in [0.25, 0.3) is 0 Å². The molecule has 0 bridgehead atoms. The molecule has 0 spiro atoms. The Morgan fingerprint density at radius 1 is 1.19 bits per heavy atom. The van der Waals surface area contributed by atoms with Gasteiger partial charge in [-0.05, 0) is 30.2 Å². The Bertz CT molecular complexity index is 397. The van der Waals surface area contributed by atoms with E-state index in [0.717, 1.165) is 17.7 Å². The molecule has 0 saturated heterocycles. The lowest BCUT2D eigenvalue weighted by Crippen LogP contribution is -2.29. The first kappa shape index (κ1) is 10.8. The molecule has 84 valence electrons. The molecule has 3 nitrogen and oxygen atoms in total. The zero-order chi connectivity index (χ0) is 11.2. The first-order valence-corrected chi connectivity index (χ1v) is 5.29. The fourth-order valence-electron chi connectivity index (χ4n) is 1.49. The molecule has 1 aromatic heterocycles. The van der Waals surface area contributed by atoms with Gasteiger partial charge < -0.3 is 14.9 Å². The van der Waals surface area contributed by atoms with Crippen LogP contribution in [0.2, 0.25) is 0 Å². The molecule has 0 fully saturated rings. The third kappa shape index (κ3) is 3.14. The van der Waals surface area contributed by atoms with Gasteiger partial charge in [0.1, 0.15) is 12.4 Å². The van der Waals surface area contributed by atoms with Crippen molar-refractivity contribution in [3.8, 4) is 5.75 Å². The highest BCUT2D eigenvalue weighted by Crippen LogP contribution is 2.09. The average Bonchev–Trinajstić information content (AvgIpc) is 2.81. The summed E-state index contributed by atoms with van der Waals surface area (Å²) in [6.45, 7) is 0.509. The number of hydrogen-bond donors (Lipinski definition) is 1. The summed E-state index contributed by atoms with van der Waals surface area (Å²) in [5.41, 5.74) is 7.05. The van der Waals surface area contributed by atoms with E-state index in [1.165, 1.54) is 0 Å². The number of rotatable bonds is 5. The maximum absolute atomic E-state index is 5.95. The predicted molar refractivity (Wildman–Crippen MR) is 62.3 cm³/mol. The lowest BCUT2D eigenvalue weighted by atomic mass is 10.1. The SMILES string of the molecule is NC(COc1ccccc1)Cc1ccoc1. The van der Waals surface area contributed by atoms with Gasteiger partial charge in [-0.25, -0.2) is 0 Å². The molecule has 0 radical (unpaired) electrons. The van der Waals surface area contributed by atoms with Crippen LogP contribution in [0.3, 0.4) is 0 Å². The van der Waals surface area contributed by atoms with Crippen LogP contribution < -0.4 is 10.5 Å². The zero-order valence-electron chi connectivity index (χ0n) is 9.00. The highest BCUT2D eigenvalue weighted by atomic mass is 16.5. The van der Waals surface area contributed by atoms with Crippen LogP contribution in [0.25, 0.3) is 0 Å². The van der Waals surface area contributed by atoms with Crippen molar-refractivity contribution in [3.63, 3.8) is 0 Å². The summed E-state index contributed by atoms with van der Waals surface area (Å²) in [4.78, 5) is 0. The van der Waals surface area contributed by atoms with Gasteiger partial charge in [-0.2, -0.15) is 0 Å². The molecule has 1 atom stereocenters. The summed E-state index contributed by atoms with van der Waals surface area (Å²) in [6, 6.07) is 11.6. The Hall–Kier alpha value is -1.74. The molecule has 2 aromatic rings. The molecule has 0 aliphatic rings. The lowest BCUT2D eigenvalue weighted by molar-refractivity contribution is 0.287. The minimum atomic E-state index is -0.0159. The van der Waals surface area contributed by atoms with Crippen molar-refractivity contribution in [2.24, 2.45) is 5.73 Å². The van der Waals surface area contributed by atoms with E-state index in [-0.39, 0.29) is 6.04 Å². The molecule has 0 saturated carbocycles. The van der Waals surface area contributed by atoms with Crippen LogP contribution in [0.4, 0.5) is 0 Å². The zero-order valence-corrected chi connectivity index (χ0v) is 9.00. The molecule has 2 rings (SSSR count). The van der Waals surface area contributed by atoms with Crippen molar-refractivity contribution in [2.75, 3.05) is 6.61 Å². The van der Waals surface area contributed by atoms with Crippen LogP contribution in [0.15, 0.2) is 53.3 Å². The second-order valence-corrected chi connectivity index (χ2v) is 3.72. The van der Waals surface area contributed by atoms with Gasteiger partial charge in [0.2, 0.25) is 0 Å². The first-order chi connectivity index (χ1) is 7.84. The Morgan fingerprint density at radius 3 is 2.69 bits per heavy atom. The van der Waals surface area contributed by atoms with Gasteiger partial charge in [0.05, 0.1) is 12.5 Å². The van der Waals surface area contributed by atoms with Crippen molar-refractivity contribution >= 4 is 0 Å². The smallest absolute Gasteiger partial charge is 0.119 e. The highest BCUT2D eigenvalue weighted by Gasteiger charge is 2.05. The third-order valence-electron chi connectivity index (χ3n) is 2.29. The van der Waals surface area contributed by atoms with Crippen molar-refractivity contribution in [3.05, 3.63) is 54.5 Å². The Kier molecular flexibility index (Phi) is 3.62. The molecule has 1 heterocycles. The second kappa shape index (κ2) is 5.37. The molecule has 1 unspecified atom stereocenters. The largest absolute Gasteiger partial charge is 0.492 e. The van der Waals surface area contributed by atoms with E-state index in [1.807, 2.05) is 36.4 Å². The molecular weight excluding hydrogens is 202 g/mol. The van der Waals surface area contributed by atoms with E-state index in [9.17, 15) is 0 Å². The quantitative estimate of drug-likeness (QED) is 0.835. The summed E-state index contributed by atoms with van der Waals surface area (Å²) in [5.74, 6) is 0.852. The van der Waals surface area contributed by atoms with Crippen molar-refractivity contribution in [1.29, 1.82) is 0 Å². The first-order valence-electron chi connectivity index (χ1n) is 5.29. The molecule has 1 aromatic carbocycles. The lowest BCUT2D eigenvalue weighted by Gasteiger charge is -2.11. The van der Waals surface area contributed by atoms with Gasteiger partial charge in [0, 0.05) is 6.04 Å². The van der Waals surface area contributed by atoms with Gasteiger partial charge in [0.15, 0.2) is 0 Å². The van der Waals surface area contributed by atoms with Crippen LogP contribution in [-0.4, -0.2) is 12.6 Å². The van der Waals surface area contributed by atoms with Gasteiger partial charge in [-0.3, -0.25) is 0 Å². The summed E-state index contributed by atoms with van der Waals surface area (Å²) in [7, 11) is 0. The molecular formula is C13H15NO2. The van der Waals surface area contributed by atoms with Gasteiger partial charge in [-0.15, -0.1) is 0 Å². The van der Waals surface area contributed by atoms with Crippen LogP contribution in [0, 0.1) is 0 Å². The molecule has 3 heteroatoms. The fraction of sp³-hybridized carbons (Fsp3) is 0.231. The number of ether oxygens (including phenoxy) is 1. The number of para-hydroxylation sites is 1. The highest BCUT2D eigenvalue weighted by molar-refractivity contribution is 5.21. The molecule has 16 heavy (non-hydrogen) atoms. The molecule has 2 N–H and O–H groups in total. The normalized spacial score (nSPS) is 12.3. The van der Waals surface area contributed by atoms with Crippen LogP contribution in [-0.2, 0) is 6.42 Å². The van der Waals surface area contributed by atoms with Gasteiger partial charge >= 0.3 is 0 Å². The maximum atomic E-state index is 5.95. The van der Waals surface area contributed by atoms with Crippen molar-refractivity contribution in [2.45, 2.75) is 12.5 Å². The van der Waals surface area contributed by atoms with E-state index < -0.39 is 0 Å². The average molecular weight is 217 g/mol. The predicted octanol–water partition coefficient (Wildman–Crippen LogP) is 2.23. The summed E-state index contributed by atoms with van der Waals surface area (Å²) in [5, 5.41) is 0. The van der Waals surface area contributed by atoms with E-state index in [4.69, 9.17) is 14.9 Å². The van der Waals surface area contributed by atoms with Crippen molar-refractivity contribution < 1.29 is 9.15 Å².